The van der Waals surface area contributed by atoms with Crippen molar-refractivity contribution in [3.05, 3.63) is 59.2 Å². The van der Waals surface area contributed by atoms with E-state index in [1.165, 1.54) is 12.3 Å². The molecule has 126 valence electrons. The maximum absolute atomic E-state index is 12.8. The summed E-state index contributed by atoms with van der Waals surface area (Å²) >= 11 is 0. The number of halogens is 1. The lowest BCUT2D eigenvalue weighted by molar-refractivity contribution is 0.100. The van der Waals surface area contributed by atoms with Crippen LogP contribution in [-0.4, -0.2) is 30.2 Å². The molecule has 5 nitrogen and oxygen atoms in total. The van der Waals surface area contributed by atoms with Crippen molar-refractivity contribution in [3.63, 3.8) is 0 Å². The first-order valence-corrected chi connectivity index (χ1v) is 8.02. The third kappa shape index (κ3) is 3.89. The number of rotatable bonds is 3. The lowest BCUT2D eigenvalue weighted by atomic mass is 10.1. The third-order valence-corrected chi connectivity index (χ3v) is 4.30. The highest BCUT2D eigenvalue weighted by Crippen LogP contribution is 2.25. The maximum Gasteiger partial charge on any atom is 0.278 e. The number of carbonyl (C=O) groups excluding carboxylic acids is 1. The van der Waals surface area contributed by atoms with Crippen molar-refractivity contribution in [1.29, 1.82) is 5.26 Å². The molecule has 1 aliphatic rings. The number of carbonyl (C=O) groups is 1. The maximum atomic E-state index is 12.8. The summed E-state index contributed by atoms with van der Waals surface area (Å²) in [5, 5.41) is 9.01. The van der Waals surface area contributed by atoms with Gasteiger partial charge < -0.3 is 4.90 Å². The monoisotopic (exact) mass is 336 g/mol. The van der Waals surface area contributed by atoms with Gasteiger partial charge in [-0.15, -0.1) is 0 Å². The number of nitrogens with zero attached hydrogens (tertiary/aromatic N) is 4. The molecule has 0 aliphatic carbocycles. The molecule has 0 spiro atoms. The molecule has 1 unspecified atom stereocenters. The average Bonchev–Trinajstić information content (AvgIpc) is 3.09. The minimum Gasteiger partial charge on any atom is -0.371 e. The topological polar surface area (TPSA) is 69.3 Å². The Hall–Kier alpha value is -3.07. The molecule has 0 bridgehead atoms. The number of hydrogen-bond acceptors (Lipinski definition) is 4. The van der Waals surface area contributed by atoms with Gasteiger partial charge in [-0.3, -0.25) is 4.79 Å². The molecule has 0 N–H and O–H groups in total. The number of pyridine rings is 1. The van der Waals surface area contributed by atoms with E-state index in [1.807, 2.05) is 25.1 Å². The van der Waals surface area contributed by atoms with Crippen LogP contribution >= 0.6 is 0 Å². The Morgan fingerprint density at radius 3 is 2.96 bits per heavy atom. The Bertz CT molecular complexity index is 855. The smallest absolute Gasteiger partial charge is 0.278 e. The molecule has 6 heteroatoms. The van der Waals surface area contributed by atoms with Crippen LogP contribution in [0.2, 0.25) is 0 Å². The molecular weight excluding hydrogens is 319 g/mol. The lowest BCUT2D eigenvalue weighted by Crippen LogP contribution is -2.20. The van der Waals surface area contributed by atoms with Crippen molar-refractivity contribution >= 4 is 17.8 Å². The molecular formula is C19H17FN4O. The summed E-state index contributed by atoms with van der Waals surface area (Å²) in [6.07, 6.45) is 3.76. The zero-order valence-corrected chi connectivity index (χ0v) is 13.8. The van der Waals surface area contributed by atoms with E-state index in [9.17, 15) is 9.18 Å². The van der Waals surface area contributed by atoms with Gasteiger partial charge in [0, 0.05) is 37.1 Å². The molecule has 3 rings (SSSR count). The number of aryl methyl sites for hydroxylation is 1. The normalized spacial score (nSPS) is 17.0. The van der Waals surface area contributed by atoms with Crippen molar-refractivity contribution in [3.8, 4) is 6.07 Å². The Morgan fingerprint density at radius 2 is 2.28 bits per heavy atom. The zero-order valence-electron chi connectivity index (χ0n) is 13.8. The summed E-state index contributed by atoms with van der Waals surface area (Å²) in [5.74, 6) is -0.863. The van der Waals surface area contributed by atoms with Gasteiger partial charge in [0.25, 0.3) is 5.91 Å². The minimum absolute atomic E-state index is 0.174. The second-order valence-corrected chi connectivity index (χ2v) is 6.06. The largest absolute Gasteiger partial charge is 0.371 e. The number of benzene rings is 1. The molecule has 1 aromatic heterocycles. The molecule has 0 saturated carbocycles. The highest BCUT2D eigenvalue weighted by Gasteiger charge is 2.22. The van der Waals surface area contributed by atoms with E-state index in [0.717, 1.165) is 36.8 Å². The van der Waals surface area contributed by atoms with E-state index in [-0.39, 0.29) is 11.5 Å². The minimum atomic E-state index is -0.621. The predicted octanol–water partition coefficient (Wildman–Crippen LogP) is 3.14. The SMILES string of the molecule is Cc1cc(N2CCC(C=NC(=O)c3ccc(F)nc3)C2)ccc1C#N. The van der Waals surface area contributed by atoms with Gasteiger partial charge in [0.05, 0.1) is 17.2 Å². The van der Waals surface area contributed by atoms with Gasteiger partial charge in [0.15, 0.2) is 0 Å². The van der Waals surface area contributed by atoms with Crippen LogP contribution in [0.3, 0.4) is 0 Å². The summed E-state index contributed by atoms with van der Waals surface area (Å²) < 4.78 is 12.8. The zero-order chi connectivity index (χ0) is 17.8. The van der Waals surface area contributed by atoms with E-state index in [1.54, 1.807) is 6.21 Å². The fourth-order valence-electron chi connectivity index (χ4n) is 2.86. The van der Waals surface area contributed by atoms with E-state index in [0.29, 0.717) is 5.56 Å². The third-order valence-electron chi connectivity index (χ3n) is 4.30. The van der Waals surface area contributed by atoms with Crippen molar-refractivity contribution in [2.45, 2.75) is 13.3 Å². The Balaban J connectivity index is 1.63. The highest BCUT2D eigenvalue weighted by atomic mass is 19.1. The van der Waals surface area contributed by atoms with Crippen LogP contribution in [-0.2, 0) is 0 Å². The molecule has 1 saturated heterocycles. The van der Waals surface area contributed by atoms with Crippen molar-refractivity contribution in [2.75, 3.05) is 18.0 Å². The molecule has 1 fully saturated rings. The lowest BCUT2D eigenvalue weighted by Gasteiger charge is -2.18. The molecule has 0 radical (unpaired) electrons. The van der Waals surface area contributed by atoms with Crippen molar-refractivity contribution in [2.24, 2.45) is 10.9 Å². The summed E-state index contributed by atoms with van der Waals surface area (Å²) in [6, 6.07) is 10.5. The van der Waals surface area contributed by atoms with Gasteiger partial charge >= 0.3 is 0 Å². The van der Waals surface area contributed by atoms with E-state index >= 15 is 0 Å². The van der Waals surface area contributed by atoms with Crippen LogP contribution in [0.5, 0.6) is 0 Å². The molecule has 1 aliphatic heterocycles. The van der Waals surface area contributed by atoms with Gasteiger partial charge in [-0.25, -0.2) is 9.98 Å². The van der Waals surface area contributed by atoms with Crippen LogP contribution in [0, 0.1) is 30.1 Å². The van der Waals surface area contributed by atoms with Crippen LogP contribution in [0.4, 0.5) is 10.1 Å². The Morgan fingerprint density at radius 1 is 1.44 bits per heavy atom. The molecule has 2 aromatic rings. The van der Waals surface area contributed by atoms with Gasteiger partial charge in [0.2, 0.25) is 5.95 Å². The van der Waals surface area contributed by atoms with Gasteiger partial charge in [0.1, 0.15) is 0 Å². The van der Waals surface area contributed by atoms with Crippen molar-refractivity contribution < 1.29 is 9.18 Å². The summed E-state index contributed by atoms with van der Waals surface area (Å²) in [6.45, 7) is 3.56. The number of anilines is 1. The second-order valence-electron chi connectivity index (χ2n) is 6.06. The number of nitriles is 1. The fraction of sp³-hybridized carbons (Fsp3) is 0.263. The predicted molar refractivity (Wildman–Crippen MR) is 93.2 cm³/mol. The molecule has 1 amide bonds. The standard InChI is InChI=1S/C19H17FN4O/c1-13-8-17(4-2-15(13)9-21)24-7-6-14(12-24)10-23-19(25)16-3-5-18(20)22-11-16/h2-5,8,10-11,14H,6-7,12H2,1H3. The van der Waals surface area contributed by atoms with E-state index < -0.39 is 11.9 Å². The summed E-state index contributed by atoms with van der Waals surface area (Å²) in [5.41, 5.74) is 2.98. The first-order valence-electron chi connectivity index (χ1n) is 8.02. The Kier molecular flexibility index (Phi) is 4.85. The molecule has 1 atom stereocenters. The highest BCUT2D eigenvalue weighted by molar-refractivity contribution is 5.99. The van der Waals surface area contributed by atoms with Gasteiger partial charge in [-0.1, -0.05) is 0 Å². The molecule has 1 aromatic carbocycles. The van der Waals surface area contributed by atoms with Crippen molar-refractivity contribution in [1.82, 2.24) is 4.98 Å². The fourth-order valence-corrected chi connectivity index (χ4v) is 2.86. The first kappa shape index (κ1) is 16.8. The number of aliphatic imine (C=N–C) groups is 1. The number of hydrogen-bond donors (Lipinski definition) is 0. The van der Waals surface area contributed by atoms with Crippen LogP contribution in [0.25, 0.3) is 0 Å². The van der Waals surface area contributed by atoms with Crippen LogP contribution in [0.15, 0.2) is 41.5 Å². The average molecular weight is 336 g/mol. The van der Waals surface area contributed by atoms with Crippen LogP contribution < -0.4 is 4.90 Å². The summed E-state index contributed by atoms with van der Waals surface area (Å²) in [4.78, 5) is 21.6. The molecule has 2 heterocycles. The number of amides is 1. The number of aromatic nitrogens is 1. The molecule has 25 heavy (non-hydrogen) atoms. The second kappa shape index (κ2) is 7.22. The quantitative estimate of drug-likeness (QED) is 0.638. The Labute approximate surface area is 145 Å². The van der Waals surface area contributed by atoms with E-state index in [4.69, 9.17) is 5.26 Å². The summed E-state index contributed by atoms with van der Waals surface area (Å²) in [7, 11) is 0. The van der Waals surface area contributed by atoms with E-state index in [2.05, 4.69) is 20.9 Å². The van der Waals surface area contributed by atoms with Crippen LogP contribution in [0.1, 0.15) is 27.9 Å². The van der Waals surface area contributed by atoms with Gasteiger partial charge in [-0.05, 0) is 49.2 Å². The first-order chi connectivity index (χ1) is 12.1. The van der Waals surface area contributed by atoms with Gasteiger partial charge in [-0.2, -0.15) is 9.65 Å².